The van der Waals surface area contributed by atoms with Crippen molar-refractivity contribution in [3.05, 3.63) is 29.8 Å². The summed E-state index contributed by atoms with van der Waals surface area (Å²) in [5.41, 5.74) is 1.12. The van der Waals surface area contributed by atoms with Crippen LogP contribution >= 0.6 is 0 Å². The van der Waals surface area contributed by atoms with Crippen molar-refractivity contribution in [2.45, 2.75) is 19.3 Å². The van der Waals surface area contributed by atoms with Crippen molar-refractivity contribution in [2.24, 2.45) is 11.8 Å². The van der Waals surface area contributed by atoms with Crippen LogP contribution in [0.4, 0.5) is 0 Å². The summed E-state index contributed by atoms with van der Waals surface area (Å²) < 4.78 is 5.19. The van der Waals surface area contributed by atoms with Crippen LogP contribution in [-0.4, -0.2) is 57.6 Å². The Morgan fingerprint density at radius 2 is 1.84 bits per heavy atom. The highest BCUT2D eigenvalue weighted by Crippen LogP contribution is 2.38. The molecule has 1 aromatic carbocycles. The predicted octanol–water partition coefficient (Wildman–Crippen LogP) is 1.06. The maximum absolute atomic E-state index is 12.1. The third-order valence-corrected chi connectivity index (χ3v) is 4.39. The second-order valence-electron chi connectivity index (χ2n) is 6.79. The Balaban J connectivity index is 1.63. The molecule has 138 valence electrons. The SMILES string of the molecule is COc1cccc(CCNC(=O)C2CC2C(=O)NCCCN(C)C)c1. The topological polar surface area (TPSA) is 70.7 Å². The normalized spacial score (nSPS) is 18.7. The van der Waals surface area contributed by atoms with Crippen molar-refractivity contribution in [2.75, 3.05) is 40.8 Å². The molecular weight excluding hydrogens is 318 g/mol. The fourth-order valence-electron chi connectivity index (χ4n) is 2.80. The van der Waals surface area contributed by atoms with Gasteiger partial charge in [0.15, 0.2) is 0 Å². The zero-order chi connectivity index (χ0) is 18.2. The molecule has 1 saturated carbocycles. The van der Waals surface area contributed by atoms with E-state index in [9.17, 15) is 9.59 Å². The van der Waals surface area contributed by atoms with E-state index >= 15 is 0 Å². The fourth-order valence-corrected chi connectivity index (χ4v) is 2.80. The Morgan fingerprint density at radius 3 is 2.48 bits per heavy atom. The van der Waals surface area contributed by atoms with Gasteiger partial charge in [0.1, 0.15) is 5.75 Å². The van der Waals surface area contributed by atoms with Gasteiger partial charge in [-0.2, -0.15) is 0 Å². The Bertz CT molecular complexity index is 589. The zero-order valence-corrected chi connectivity index (χ0v) is 15.4. The van der Waals surface area contributed by atoms with Crippen molar-refractivity contribution in [1.82, 2.24) is 15.5 Å². The van der Waals surface area contributed by atoms with Gasteiger partial charge in [-0.05, 0) is 57.6 Å². The first kappa shape index (κ1) is 19.2. The lowest BCUT2D eigenvalue weighted by Crippen LogP contribution is -2.32. The number of benzene rings is 1. The molecule has 2 unspecified atom stereocenters. The van der Waals surface area contributed by atoms with E-state index in [-0.39, 0.29) is 23.7 Å². The molecule has 6 nitrogen and oxygen atoms in total. The van der Waals surface area contributed by atoms with E-state index in [1.54, 1.807) is 7.11 Å². The second-order valence-corrected chi connectivity index (χ2v) is 6.79. The maximum Gasteiger partial charge on any atom is 0.223 e. The Kier molecular flexibility index (Phi) is 7.25. The molecule has 1 aromatic rings. The molecule has 2 N–H and O–H groups in total. The summed E-state index contributed by atoms with van der Waals surface area (Å²) in [5.74, 6) is 0.482. The summed E-state index contributed by atoms with van der Waals surface area (Å²) in [4.78, 5) is 26.2. The van der Waals surface area contributed by atoms with Crippen LogP contribution in [0, 0.1) is 11.8 Å². The highest BCUT2D eigenvalue weighted by Gasteiger charge is 2.47. The van der Waals surface area contributed by atoms with Crippen molar-refractivity contribution in [1.29, 1.82) is 0 Å². The van der Waals surface area contributed by atoms with Crippen molar-refractivity contribution in [3.8, 4) is 5.75 Å². The Hall–Kier alpha value is -2.08. The molecule has 6 heteroatoms. The van der Waals surface area contributed by atoms with E-state index in [4.69, 9.17) is 4.74 Å². The molecule has 2 atom stereocenters. The molecule has 2 amide bonds. The van der Waals surface area contributed by atoms with Crippen molar-refractivity contribution < 1.29 is 14.3 Å². The minimum Gasteiger partial charge on any atom is -0.497 e. The second kappa shape index (κ2) is 9.42. The number of nitrogens with one attached hydrogen (secondary N) is 2. The van der Waals surface area contributed by atoms with E-state index in [0.717, 1.165) is 30.7 Å². The van der Waals surface area contributed by atoms with Gasteiger partial charge in [-0.1, -0.05) is 12.1 Å². The fraction of sp³-hybridized carbons (Fsp3) is 0.579. The lowest BCUT2D eigenvalue weighted by atomic mass is 10.1. The number of nitrogens with zero attached hydrogens (tertiary/aromatic N) is 1. The lowest BCUT2D eigenvalue weighted by Gasteiger charge is -2.10. The van der Waals surface area contributed by atoms with Crippen molar-refractivity contribution >= 4 is 11.8 Å². The number of carbonyl (C=O) groups is 2. The first-order valence-corrected chi connectivity index (χ1v) is 8.84. The summed E-state index contributed by atoms with van der Waals surface area (Å²) in [7, 11) is 5.66. The lowest BCUT2D eigenvalue weighted by molar-refractivity contribution is -0.127. The first-order chi connectivity index (χ1) is 12.0. The van der Waals surface area contributed by atoms with Crippen LogP contribution in [0.1, 0.15) is 18.4 Å². The summed E-state index contributed by atoms with van der Waals surface area (Å²) >= 11 is 0. The van der Waals surface area contributed by atoms with Gasteiger partial charge >= 0.3 is 0 Å². The average molecular weight is 347 g/mol. The van der Waals surface area contributed by atoms with Gasteiger partial charge < -0.3 is 20.3 Å². The molecule has 1 aliphatic rings. The number of methoxy groups -OCH3 is 1. The molecule has 0 spiro atoms. The molecular formula is C19H29N3O3. The Morgan fingerprint density at radius 1 is 1.16 bits per heavy atom. The number of amides is 2. The van der Waals surface area contributed by atoms with Crippen molar-refractivity contribution in [3.63, 3.8) is 0 Å². The number of hydrogen-bond donors (Lipinski definition) is 2. The van der Waals surface area contributed by atoms with E-state index in [1.807, 2.05) is 38.4 Å². The van der Waals surface area contributed by atoms with Gasteiger partial charge in [0.2, 0.25) is 11.8 Å². The number of hydrogen-bond acceptors (Lipinski definition) is 4. The van der Waals surface area contributed by atoms with Crippen LogP contribution < -0.4 is 15.4 Å². The molecule has 2 rings (SSSR count). The number of rotatable bonds is 10. The highest BCUT2D eigenvalue weighted by atomic mass is 16.5. The third kappa shape index (κ3) is 6.38. The van der Waals surface area contributed by atoms with Crippen LogP contribution in [0.3, 0.4) is 0 Å². The van der Waals surface area contributed by atoms with E-state index in [1.165, 1.54) is 0 Å². The van der Waals surface area contributed by atoms with Crippen LogP contribution in [0.2, 0.25) is 0 Å². The molecule has 0 radical (unpaired) electrons. The zero-order valence-electron chi connectivity index (χ0n) is 15.4. The smallest absolute Gasteiger partial charge is 0.223 e. The molecule has 1 aliphatic carbocycles. The predicted molar refractivity (Wildman–Crippen MR) is 97.5 cm³/mol. The molecule has 0 saturated heterocycles. The van der Waals surface area contributed by atoms with Crippen LogP contribution in [0.15, 0.2) is 24.3 Å². The van der Waals surface area contributed by atoms with Crippen LogP contribution in [0.25, 0.3) is 0 Å². The number of ether oxygens (including phenoxy) is 1. The molecule has 1 fully saturated rings. The van der Waals surface area contributed by atoms with E-state index in [0.29, 0.717) is 19.5 Å². The molecule has 0 heterocycles. The highest BCUT2D eigenvalue weighted by molar-refractivity contribution is 5.92. The number of carbonyl (C=O) groups excluding carboxylic acids is 2. The quantitative estimate of drug-likeness (QED) is 0.621. The summed E-state index contributed by atoms with van der Waals surface area (Å²) in [6.07, 6.45) is 2.32. The molecule has 25 heavy (non-hydrogen) atoms. The summed E-state index contributed by atoms with van der Waals surface area (Å²) in [5, 5.41) is 5.85. The minimum atomic E-state index is -0.167. The molecule has 0 aromatic heterocycles. The first-order valence-electron chi connectivity index (χ1n) is 8.84. The van der Waals surface area contributed by atoms with Gasteiger partial charge in [0.05, 0.1) is 18.9 Å². The average Bonchev–Trinajstić information content (AvgIpc) is 3.39. The third-order valence-electron chi connectivity index (χ3n) is 4.39. The van der Waals surface area contributed by atoms with Gasteiger partial charge in [-0.15, -0.1) is 0 Å². The summed E-state index contributed by atoms with van der Waals surface area (Å²) in [6.45, 7) is 2.18. The largest absolute Gasteiger partial charge is 0.497 e. The van der Waals surface area contributed by atoms with Gasteiger partial charge in [-0.25, -0.2) is 0 Å². The molecule has 0 aliphatic heterocycles. The van der Waals surface area contributed by atoms with E-state index < -0.39 is 0 Å². The monoisotopic (exact) mass is 347 g/mol. The van der Waals surface area contributed by atoms with E-state index in [2.05, 4.69) is 15.5 Å². The van der Waals surface area contributed by atoms with Gasteiger partial charge in [0, 0.05) is 13.1 Å². The Labute approximate surface area is 149 Å². The van der Waals surface area contributed by atoms with Gasteiger partial charge in [-0.3, -0.25) is 9.59 Å². The summed E-state index contributed by atoms with van der Waals surface area (Å²) in [6, 6.07) is 7.81. The standard InChI is InChI=1S/C19H29N3O3/c1-22(2)11-5-9-20-18(23)16-13-17(16)19(24)21-10-8-14-6-4-7-15(12-14)25-3/h4,6-7,12,16-17H,5,8-11,13H2,1-3H3,(H,20,23)(H,21,24). The molecule has 0 bridgehead atoms. The minimum absolute atomic E-state index is 0.00621. The van der Waals surface area contributed by atoms with Crippen LogP contribution in [0.5, 0.6) is 5.75 Å². The maximum atomic E-state index is 12.1. The van der Waals surface area contributed by atoms with Gasteiger partial charge in [0.25, 0.3) is 0 Å². The van der Waals surface area contributed by atoms with Crippen LogP contribution in [-0.2, 0) is 16.0 Å².